The number of nitrogens with one attached hydrogen (secondary N) is 1. The molecule has 0 radical (unpaired) electrons. The van der Waals surface area contributed by atoms with E-state index in [4.69, 9.17) is 0 Å². The second kappa shape index (κ2) is 7.97. The average Bonchev–Trinajstić information content (AvgIpc) is 2.55. The SMILES string of the molecule is OC1CCC([C@@H](C[C@H]2CCCCN2)C2CCCCC2)CC1. The van der Waals surface area contributed by atoms with Gasteiger partial charge in [0.1, 0.15) is 0 Å². The van der Waals surface area contributed by atoms with Crippen molar-refractivity contribution >= 4 is 0 Å². The molecule has 0 aromatic heterocycles. The van der Waals surface area contributed by atoms with Gasteiger partial charge in [0, 0.05) is 6.04 Å². The molecule has 3 rings (SSSR count). The third-order valence-corrected chi connectivity index (χ3v) is 6.57. The van der Waals surface area contributed by atoms with Crippen LogP contribution in [0.1, 0.15) is 83.5 Å². The molecular formula is C19H35NO. The van der Waals surface area contributed by atoms with E-state index < -0.39 is 0 Å². The van der Waals surface area contributed by atoms with Crippen molar-refractivity contribution in [3.05, 3.63) is 0 Å². The van der Waals surface area contributed by atoms with Crippen LogP contribution >= 0.6 is 0 Å². The number of aliphatic hydroxyl groups excluding tert-OH is 1. The van der Waals surface area contributed by atoms with Gasteiger partial charge in [-0.15, -0.1) is 0 Å². The zero-order valence-electron chi connectivity index (χ0n) is 13.7. The lowest BCUT2D eigenvalue weighted by Gasteiger charge is -2.41. The van der Waals surface area contributed by atoms with Crippen LogP contribution in [0.25, 0.3) is 0 Å². The first-order chi connectivity index (χ1) is 10.3. The number of piperidine rings is 1. The van der Waals surface area contributed by atoms with Gasteiger partial charge in [0.05, 0.1) is 6.10 Å². The van der Waals surface area contributed by atoms with E-state index in [1.54, 1.807) is 0 Å². The maximum Gasteiger partial charge on any atom is 0.0540 e. The van der Waals surface area contributed by atoms with E-state index in [9.17, 15) is 5.11 Å². The molecule has 122 valence electrons. The highest BCUT2D eigenvalue weighted by molar-refractivity contribution is 4.87. The quantitative estimate of drug-likeness (QED) is 0.811. The van der Waals surface area contributed by atoms with Gasteiger partial charge in [-0.25, -0.2) is 0 Å². The number of hydrogen-bond acceptors (Lipinski definition) is 2. The molecule has 2 atom stereocenters. The Hall–Kier alpha value is -0.0800. The second-order valence-electron chi connectivity index (χ2n) is 8.01. The zero-order valence-corrected chi connectivity index (χ0v) is 13.7. The topological polar surface area (TPSA) is 32.3 Å². The van der Waals surface area contributed by atoms with Crippen LogP contribution in [0.2, 0.25) is 0 Å². The van der Waals surface area contributed by atoms with Crippen LogP contribution in [0.15, 0.2) is 0 Å². The van der Waals surface area contributed by atoms with E-state index >= 15 is 0 Å². The summed E-state index contributed by atoms with van der Waals surface area (Å²) in [5.41, 5.74) is 0. The van der Waals surface area contributed by atoms with Crippen molar-refractivity contribution in [3.8, 4) is 0 Å². The van der Waals surface area contributed by atoms with E-state index in [0.29, 0.717) is 0 Å². The van der Waals surface area contributed by atoms with E-state index in [1.807, 2.05) is 0 Å². The highest BCUT2D eigenvalue weighted by Crippen LogP contribution is 2.42. The zero-order chi connectivity index (χ0) is 14.5. The monoisotopic (exact) mass is 293 g/mol. The molecule has 2 nitrogen and oxygen atoms in total. The van der Waals surface area contributed by atoms with E-state index in [0.717, 1.165) is 36.6 Å². The molecule has 1 aliphatic heterocycles. The molecule has 1 saturated heterocycles. The molecule has 0 unspecified atom stereocenters. The molecule has 1 heterocycles. The summed E-state index contributed by atoms with van der Waals surface area (Å²) in [5, 5.41) is 13.6. The Morgan fingerprint density at radius 2 is 1.43 bits per heavy atom. The Bertz CT molecular complexity index is 286. The van der Waals surface area contributed by atoms with Crippen LogP contribution in [0.4, 0.5) is 0 Å². The Kier molecular flexibility index (Phi) is 5.99. The largest absolute Gasteiger partial charge is 0.393 e. The predicted octanol–water partition coefficient (Wildman–Crippen LogP) is 4.27. The number of aliphatic hydroxyl groups is 1. The summed E-state index contributed by atoms with van der Waals surface area (Å²) < 4.78 is 0. The van der Waals surface area contributed by atoms with Crippen molar-refractivity contribution in [2.75, 3.05) is 6.54 Å². The van der Waals surface area contributed by atoms with Gasteiger partial charge in [0.15, 0.2) is 0 Å². The highest BCUT2D eigenvalue weighted by atomic mass is 16.3. The van der Waals surface area contributed by atoms with Crippen LogP contribution in [0, 0.1) is 17.8 Å². The van der Waals surface area contributed by atoms with Gasteiger partial charge in [-0.3, -0.25) is 0 Å². The first kappa shape index (κ1) is 15.8. The third-order valence-electron chi connectivity index (χ3n) is 6.57. The molecule has 3 fully saturated rings. The van der Waals surface area contributed by atoms with Gasteiger partial charge >= 0.3 is 0 Å². The standard InChI is InChI=1S/C19H35NO/c21-18-11-9-16(10-12-18)19(15-6-2-1-3-7-15)14-17-8-4-5-13-20-17/h15-21H,1-14H2/t16?,17-,18?,19+/m1/s1. The average molecular weight is 293 g/mol. The minimum absolute atomic E-state index is 0.000983. The van der Waals surface area contributed by atoms with Crippen LogP contribution in [0.5, 0.6) is 0 Å². The molecule has 0 spiro atoms. The van der Waals surface area contributed by atoms with Crippen molar-refractivity contribution in [2.24, 2.45) is 17.8 Å². The Morgan fingerprint density at radius 1 is 0.762 bits per heavy atom. The molecule has 21 heavy (non-hydrogen) atoms. The molecule has 2 N–H and O–H groups in total. The van der Waals surface area contributed by atoms with Crippen molar-refractivity contribution < 1.29 is 5.11 Å². The summed E-state index contributed by atoms with van der Waals surface area (Å²) in [5.74, 6) is 2.83. The van der Waals surface area contributed by atoms with Crippen LogP contribution in [-0.2, 0) is 0 Å². The molecule has 2 aliphatic carbocycles. The summed E-state index contributed by atoms with van der Waals surface area (Å²) in [6.45, 7) is 1.24. The van der Waals surface area contributed by atoms with Gasteiger partial charge in [0.2, 0.25) is 0 Å². The van der Waals surface area contributed by atoms with E-state index in [2.05, 4.69) is 5.32 Å². The normalized spacial score (nSPS) is 37.3. The van der Waals surface area contributed by atoms with Gasteiger partial charge in [-0.1, -0.05) is 38.5 Å². The van der Waals surface area contributed by atoms with Crippen molar-refractivity contribution in [1.82, 2.24) is 5.32 Å². The lowest BCUT2D eigenvalue weighted by atomic mass is 9.67. The summed E-state index contributed by atoms with van der Waals surface area (Å²) in [6, 6.07) is 0.789. The fraction of sp³-hybridized carbons (Fsp3) is 1.00. The van der Waals surface area contributed by atoms with Gasteiger partial charge in [-0.05, 0) is 69.2 Å². The first-order valence-electron chi connectivity index (χ1n) is 9.74. The molecule has 2 heteroatoms. The fourth-order valence-corrected chi connectivity index (χ4v) is 5.32. The second-order valence-corrected chi connectivity index (χ2v) is 8.01. The molecule has 0 aromatic rings. The summed E-state index contributed by atoms with van der Waals surface area (Å²) in [4.78, 5) is 0. The van der Waals surface area contributed by atoms with Gasteiger partial charge in [0.25, 0.3) is 0 Å². The van der Waals surface area contributed by atoms with E-state index in [1.165, 1.54) is 77.2 Å². The Morgan fingerprint density at radius 3 is 2.10 bits per heavy atom. The summed E-state index contributed by atoms with van der Waals surface area (Å²) in [7, 11) is 0. The third kappa shape index (κ3) is 4.45. The predicted molar refractivity (Wildman–Crippen MR) is 88.3 cm³/mol. The summed E-state index contributed by atoms with van der Waals surface area (Å²) >= 11 is 0. The molecule has 2 saturated carbocycles. The Labute approximate surface area is 131 Å². The van der Waals surface area contributed by atoms with Gasteiger partial charge < -0.3 is 10.4 Å². The fourth-order valence-electron chi connectivity index (χ4n) is 5.32. The van der Waals surface area contributed by atoms with Crippen molar-refractivity contribution in [3.63, 3.8) is 0 Å². The molecule has 0 aromatic carbocycles. The molecule has 0 bridgehead atoms. The number of hydrogen-bond donors (Lipinski definition) is 2. The highest BCUT2D eigenvalue weighted by Gasteiger charge is 2.34. The number of rotatable bonds is 4. The first-order valence-corrected chi connectivity index (χ1v) is 9.74. The maximum absolute atomic E-state index is 9.83. The molecule has 0 amide bonds. The maximum atomic E-state index is 9.83. The molecule has 3 aliphatic rings. The minimum atomic E-state index is 0.000983. The van der Waals surface area contributed by atoms with E-state index in [-0.39, 0.29) is 6.10 Å². The lowest BCUT2D eigenvalue weighted by Crippen LogP contribution is -2.39. The van der Waals surface area contributed by atoms with Crippen molar-refractivity contribution in [1.29, 1.82) is 0 Å². The van der Waals surface area contributed by atoms with Crippen LogP contribution in [0.3, 0.4) is 0 Å². The molecular weight excluding hydrogens is 258 g/mol. The smallest absolute Gasteiger partial charge is 0.0540 e. The Balaban J connectivity index is 1.61. The van der Waals surface area contributed by atoms with Crippen molar-refractivity contribution in [2.45, 2.75) is 95.6 Å². The minimum Gasteiger partial charge on any atom is -0.393 e. The van der Waals surface area contributed by atoms with Gasteiger partial charge in [-0.2, -0.15) is 0 Å². The van der Waals surface area contributed by atoms with Crippen LogP contribution < -0.4 is 5.32 Å². The lowest BCUT2D eigenvalue weighted by molar-refractivity contribution is 0.0597. The van der Waals surface area contributed by atoms with Crippen LogP contribution in [-0.4, -0.2) is 23.8 Å². The summed E-state index contributed by atoms with van der Waals surface area (Å²) in [6.07, 6.45) is 17.7.